The summed E-state index contributed by atoms with van der Waals surface area (Å²) in [5.74, 6) is -0.274. The number of rotatable bonds is 5. The van der Waals surface area contributed by atoms with E-state index in [0.29, 0.717) is 17.6 Å². The van der Waals surface area contributed by atoms with Crippen molar-refractivity contribution in [3.63, 3.8) is 0 Å². The van der Waals surface area contributed by atoms with Crippen molar-refractivity contribution in [1.82, 2.24) is 14.5 Å². The van der Waals surface area contributed by atoms with Crippen LogP contribution in [0.4, 0.5) is 0 Å². The minimum absolute atomic E-state index is 0.0807. The van der Waals surface area contributed by atoms with E-state index in [1.165, 1.54) is 14.7 Å². The Bertz CT molecular complexity index is 1440. The molecular formula is C27H25N3O3. The number of nitrogens with one attached hydrogen (secondary N) is 1. The third-order valence-corrected chi connectivity index (χ3v) is 6.33. The van der Waals surface area contributed by atoms with Crippen LogP contribution in [-0.4, -0.2) is 15.0 Å². The van der Waals surface area contributed by atoms with Crippen LogP contribution >= 0.6 is 0 Å². The Morgan fingerprint density at radius 2 is 1.45 bits per heavy atom. The molecule has 1 aromatic heterocycles. The summed E-state index contributed by atoms with van der Waals surface area (Å²) in [7, 11) is 0. The molecule has 33 heavy (non-hydrogen) atoms. The number of fused-ring (bicyclic) bond motifs is 2. The van der Waals surface area contributed by atoms with E-state index >= 15 is 0 Å². The average Bonchev–Trinajstić information content (AvgIpc) is 2.85. The first-order valence-corrected chi connectivity index (χ1v) is 11.3. The zero-order valence-electron chi connectivity index (χ0n) is 18.2. The minimum Gasteiger partial charge on any atom is -0.348 e. The number of hydrogen-bond donors (Lipinski definition) is 1. The van der Waals surface area contributed by atoms with Crippen LogP contribution < -0.4 is 16.4 Å². The number of benzene rings is 3. The summed E-state index contributed by atoms with van der Waals surface area (Å²) >= 11 is 0. The van der Waals surface area contributed by atoms with Gasteiger partial charge in [-0.15, -0.1) is 0 Å². The van der Waals surface area contributed by atoms with Crippen LogP contribution in [0.1, 0.15) is 35.6 Å². The fraction of sp³-hybridized carbons (Fsp3) is 0.222. The van der Waals surface area contributed by atoms with Gasteiger partial charge in [0, 0.05) is 0 Å². The molecule has 0 bridgehead atoms. The third-order valence-electron chi connectivity index (χ3n) is 6.33. The third kappa shape index (κ3) is 4.12. The predicted octanol–water partition coefficient (Wildman–Crippen LogP) is 3.41. The first-order chi connectivity index (χ1) is 16.1. The Morgan fingerprint density at radius 3 is 2.24 bits per heavy atom. The van der Waals surface area contributed by atoms with Crippen molar-refractivity contribution in [1.29, 1.82) is 0 Å². The topological polar surface area (TPSA) is 73.1 Å². The fourth-order valence-electron chi connectivity index (χ4n) is 4.74. The van der Waals surface area contributed by atoms with Crippen LogP contribution in [0.25, 0.3) is 11.0 Å². The molecule has 0 radical (unpaired) electrons. The highest BCUT2D eigenvalue weighted by Crippen LogP contribution is 2.29. The first kappa shape index (κ1) is 20.9. The van der Waals surface area contributed by atoms with Gasteiger partial charge in [-0.2, -0.15) is 0 Å². The van der Waals surface area contributed by atoms with E-state index in [-0.39, 0.29) is 18.5 Å². The Kier molecular flexibility index (Phi) is 5.65. The van der Waals surface area contributed by atoms with Gasteiger partial charge in [0.25, 0.3) is 0 Å². The summed E-state index contributed by atoms with van der Waals surface area (Å²) < 4.78 is 2.78. The number of carbonyl (C=O) groups is 1. The second-order valence-electron chi connectivity index (χ2n) is 8.47. The number of para-hydroxylation sites is 2. The molecule has 1 heterocycles. The Morgan fingerprint density at radius 1 is 0.818 bits per heavy atom. The molecule has 1 amide bonds. The highest BCUT2D eigenvalue weighted by molar-refractivity contribution is 5.80. The summed E-state index contributed by atoms with van der Waals surface area (Å²) in [5.41, 5.74) is 3.18. The second kappa shape index (κ2) is 8.90. The largest absolute Gasteiger partial charge is 0.348 e. The molecule has 6 nitrogen and oxygen atoms in total. The predicted molar refractivity (Wildman–Crippen MR) is 128 cm³/mol. The molecule has 0 aliphatic heterocycles. The van der Waals surface area contributed by atoms with E-state index in [2.05, 4.69) is 11.4 Å². The van der Waals surface area contributed by atoms with Crippen molar-refractivity contribution in [2.75, 3.05) is 0 Å². The van der Waals surface area contributed by atoms with Crippen LogP contribution in [-0.2, 0) is 24.3 Å². The number of nitrogens with zero attached hydrogens (tertiary/aromatic N) is 2. The molecule has 6 heteroatoms. The van der Waals surface area contributed by atoms with Crippen molar-refractivity contribution < 1.29 is 4.79 Å². The molecule has 1 aliphatic rings. The lowest BCUT2D eigenvalue weighted by Crippen LogP contribution is -2.44. The maximum atomic E-state index is 13.1. The summed E-state index contributed by atoms with van der Waals surface area (Å²) in [5, 5.41) is 3.08. The lowest BCUT2D eigenvalue weighted by atomic mass is 9.88. The molecule has 3 aromatic carbocycles. The number of hydrogen-bond acceptors (Lipinski definition) is 3. The van der Waals surface area contributed by atoms with E-state index < -0.39 is 11.1 Å². The molecule has 4 aromatic rings. The normalized spacial score (nSPS) is 15.2. The van der Waals surface area contributed by atoms with E-state index in [4.69, 9.17) is 0 Å². The Hall–Kier alpha value is -3.93. The van der Waals surface area contributed by atoms with Gasteiger partial charge in [0.05, 0.1) is 23.6 Å². The van der Waals surface area contributed by atoms with Gasteiger partial charge >= 0.3 is 11.1 Å². The maximum absolute atomic E-state index is 13.1. The SMILES string of the molecule is O=C(Cn1c(=O)c(=O)n(Cc2ccccc2)c2ccccc21)NC1CCCc2ccccc21. The zero-order valence-corrected chi connectivity index (χ0v) is 18.2. The molecular weight excluding hydrogens is 414 g/mol. The lowest BCUT2D eigenvalue weighted by Gasteiger charge is -2.26. The molecule has 5 rings (SSSR count). The summed E-state index contributed by atoms with van der Waals surface area (Å²) in [6.45, 7) is 0.0980. The lowest BCUT2D eigenvalue weighted by molar-refractivity contribution is -0.122. The van der Waals surface area contributed by atoms with Gasteiger partial charge in [-0.3, -0.25) is 23.5 Å². The van der Waals surface area contributed by atoms with Crippen LogP contribution in [0, 0.1) is 0 Å². The molecule has 0 spiro atoms. The fourth-order valence-corrected chi connectivity index (χ4v) is 4.74. The standard InChI is InChI=1S/C27H25N3O3/c31-25(28-22-14-8-12-20-11-4-5-13-21(20)22)18-30-24-16-7-6-15-23(24)29(26(32)27(30)33)17-19-9-2-1-3-10-19/h1-7,9-11,13,15-16,22H,8,12,14,17-18H2,(H,28,31). The number of carbonyl (C=O) groups excluding carboxylic acids is 1. The second-order valence-corrected chi connectivity index (χ2v) is 8.47. The van der Waals surface area contributed by atoms with E-state index in [9.17, 15) is 14.4 Å². The van der Waals surface area contributed by atoms with Crippen molar-refractivity contribution >= 4 is 16.9 Å². The van der Waals surface area contributed by atoms with E-state index in [0.717, 1.165) is 30.4 Å². The zero-order chi connectivity index (χ0) is 22.8. The molecule has 0 fully saturated rings. The minimum atomic E-state index is -0.691. The number of aryl methyl sites for hydroxylation is 1. The molecule has 1 atom stereocenters. The highest BCUT2D eigenvalue weighted by atomic mass is 16.2. The van der Waals surface area contributed by atoms with E-state index in [1.807, 2.05) is 66.7 Å². The average molecular weight is 440 g/mol. The monoisotopic (exact) mass is 439 g/mol. The van der Waals surface area contributed by atoms with Crippen molar-refractivity contribution in [3.05, 3.63) is 116 Å². The molecule has 0 saturated heterocycles. The molecule has 1 N–H and O–H groups in total. The Labute approximate surface area is 191 Å². The summed E-state index contributed by atoms with van der Waals surface area (Å²) in [6, 6.07) is 24.8. The molecule has 0 saturated carbocycles. The van der Waals surface area contributed by atoms with E-state index in [1.54, 1.807) is 6.07 Å². The van der Waals surface area contributed by atoms with Gasteiger partial charge in [-0.1, -0.05) is 66.7 Å². The molecule has 1 unspecified atom stereocenters. The highest BCUT2D eigenvalue weighted by Gasteiger charge is 2.22. The van der Waals surface area contributed by atoms with Crippen LogP contribution in [0.3, 0.4) is 0 Å². The van der Waals surface area contributed by atoms with Gasteiger partial charge in [0.15, 0.2) is 0 Å². The molecule has 166 valence electrons. The number of amides is 1. The van der Waals surface area contributed by atoms with Crippen molar-refractivity contribution in [2.24, 2.45) is 0 Å². The van der Waals surface area contributed by atoms with Gasteiger partial charge in [0.2, 0.25) is 5.91 Å². The first-order valence-electron chi connectivity index (χ1n) is 11.3. The Balaban J connectivity index is 1.48. The summed E-state index contributed by atoms with van der Waals surface area (Å²) in [4.78, 5) is 39.1. The van der Waals surface area contributed by atoms with Crippen molar-refractivity contribution in [2.45, 2.75) is 38.4 Å². The van der Waals surface area contributed by atoms with Crippen LogP contribution in [0.5, 0.6) is 0 Å². The number of aromatic nitrogens is 2. The maximum Gasteiger partial charge on any atom is 0.317 e. The van der Waals surface area contributed by atoms with Crippen LogP contribution in [0.15, 0.2) is 88.5 Å². The van der Waals surface area contributed by atoms with Gasteiger partial charge in [0.1, 0.15) is 6.54 Å². The molecule has 1 aliphatic carbocycles. The van der Waals surface area contributed by atoms with Gasteiger partial charge in [-0.25, -0.2) is 0 Å². The van der Waals surface area contributed by atoms with Gasteiger partial charge in [-0.05, 0) is 48.1 Å². The summed E-state index contributed by atoms with van der Waals surface area (Å²) in [6.07, 6.45) is 2.86. The quantitative estimate of drug-likeness (QED) is 0.485. The van der Waals surface area contributed by atoms with Crippen molar-refractivity contribution in [3.8, 4) is 0 Å². The van der Waals surface area contributed by atoms with Crippen LogP contribution in [0.2, 0.25) is 0 Å². The smallest absolute Gasteiger partial charge is 0.317 e. The van der Waals surface area contributed by atoms with Gasteiger partial charge < -0.3 is 5.32 Å².